The Morgan fingerprint density at radius 3 is 0.960 bits per heavy atom. The summed E-state index contributed by atoms with van der Waals surface area (Å²) in [6.45, 7) is 72.6. The second-order valence-electron chi connectivity index (χ2n) is 30.4. The molecule has 16 N–H and O–H groups in total. The third-order valence-electron chi connectivity index (χ3n) is 17.3. The Morgan fingerprint density at radius 1 is 0.376 bits per heavy atom. The summed E-state index contributed by atoms with van der Waals surface area (Å²) in [5.41, 5.74) is 1.21. The molecule has 0 aliphatic carbocycles. The van der Waals surface area contributed by atoms with Gasteiger partial charge in [-0.2, -0.15) is 21.4 Å². The zero-order valence-electron chi connectivity index (χ0n) is 84.1. The monoisotopic (exact) mass is 1810 g/mol. The SMILES string of the molecule is CCNC(=O)C(C)C.CCNC(=O)C(C)C.CCNC(=O)C(C)C(C)C.CCNC(=O)C(C)C(C)CC.CCNC(=O)C(C)C(C)O.CCNC(=O)C(C)CC(C)C.CCNC(=O)C(C)CCNC=O.CCNC(=O)C(C)CCSC.CCNC(=O)C(C)CNC=O.CCNC(=O)C(C)CO.CCNC(=O)C(C)Cc1ccccc1.CCNC(=O)CC.O=C=O. The first-order chi connectivity index (χ1) is 58.6. The molecule has 1 aromatic rings. The highest BCUT2D eigenvalue weighted by Crippen LogP contribution is 2.15. The summed E-state index contributed by atoms with van der Waals surface area (Å²) in [6.07, 6.45) is 8.10. The molecule has 0 spiro atoms. The molecule has 11 unspecified atom stereocenters. The van der Waals surface area contributed by atoms with E-state index in [1.807, 2.05) is 177 Å². The lowest BCUT2D eigenvalue weighted by atomic mass is 9.93. The fraction of sp³-hybridized carbons (Fsp3) is 0.772. The summed E-state index contributed by atoms with van der Waals surface area (Å²) in [6, 6.07) is 10.1. The van der Waals surface area contributed by atoms with E-state index in [9.17, 15) is 67.1 Å². The number of benzene rings is 1. The normalized spacial score (nSPS) is 12.2. The molecule has 0 saturated carbocycles. The second kappa shape index (κ2) is 104. The smallest absolute Gasteiger partial charge is 0.373 e. The highest BCUT2D eigenvalue weighted by molar-refractivity contribution is 7.98. The van der Waals surface area contributed by atoms with Gasteiger partial charge >= 0.3 is 6.15 Å². The van der Waals surface area contributed by atoms with E-state index in [2.05, 4.69) is 134 Å². The summed E-state index contributed by atoms with van der Waals surface area (Å²) in [4.78, 5) is 167. The lowest BCUT2D eigenvalue weighted by molar-refractivity contribution is -0.192. The Balaban J connectivity index is -0.000000112. The van der Waals surface area contributed by atoms with Crippen molar-refractivity contribution in [2.24, 2.45) is 82.9 Å². The van der Waals surface area contributed by atoms with E-state index >= 15 is 0 Å². The fourth-order valence-corrected chi connectivity index (χ4v) is 9.09. The molecular weight excluding hydrogens is 1620 g/mol. The van der Waals surface area contributed by atoms with E-state index in [-0.39, 0.29) is 149 Å². The first-order valence-electron chi connectivity index (χ1n) is 45.1. The molecule has 0 radical (unpaired) electrons. The lowest BCUT2D eigenvalue weighted by Gasteiger charge is -2.16. The Hall–Kier alpha value is -8.55. The van der Waals surface area contributed by atoms with E-state index in [0.29, 0.717) is 89.2 Å². The van der Waals surface area contributed by atoms with Crippen molar-refractivity contribution in [1.29, 1.82) is 0 Å². The molecule has 0 aromatic heterocycles. The van der Waals surface area contributed by atoms with E-state index in [1.165, 1.54) is 5.56 Å². The molecule has 11 atom stereocenters. The van der Waals surface area contributed by atoms with Crippen LogP contribution in [-0.4, -0.2) is 216 Å². The number of amides is 14. The van der Waals surface area contributed by atoms with Crippen LogP contribution in [0, 0.1) is 82.9 Å². The van der Waals surface area contributed by atoms with Crippen LogP contribution in [0.3, 0.4) is 0 Å². The number of rotatable bonds is 43. The Morgan fingerprint density at radius 2 is 0.680 bits per heavy atom. The van der Waals surface area contributed by atoms with Gasteiger partial charge in [0.2, 0.25) is 83.7 Å². The predicted molar refractivity (Wildman–Crippen MR) is 510 cm³/mol. The van der Waals surface area contributed by atoms with Crippen molar-refractivity contribution < 1.29 is 86.9 Å². The van der Waals surface area contributed by atoms with Crippen molar-refractivity contribution in [1.82, 2.24) is 74.4 Å². The average Bonchev–Trinajstić information content (AvgIpc) is 0.910. The third-order valence-corrected chi connectivity index (χ3v) is 17.9. The van der Waals surface area contributed by atoms with Gasteiger partial charge in [0.1, 0.15) is 0 Å². The number of hydrogen-bond acceptors (Lipinski definition) is 19. The van der Waals surface area contributed by atoms with E-state index in [4.69, 9.17) is 19.8 Å². The number of carbonyl (C=O) groups is 14. The van der Waals surface area contributed by atoms with Crippen LogP contribution in [-0.2, 0) is 83.1 Å². The minimum atomic E-state index is -0.563. The molecule has 0 heterocycles. The van der Waals surface area contributed by atoms with Crippen molar-refractivity contribution in [3.05, 3.63) is 35.9 Å². The minimum absolute atomic E-state index is 0.0261. The minimum Gasteiger partial charge on any atom is -0.396 e. The number of hydrogen-bond donors (Lipinski definition) is 16. The van der Waals surface area contributed by atoms with Crippen LogP contribution in [0.15, 0.2) is 30.3 Å². The first-order valence-corrected chi connectivity index (χ1v) is 46.4. The third kappa shape index (κ3) is 106. The van der Waals surface area contributed by atoms with Crippen LogP contribution in [0.5, 0.6) is 0 Å². The van der Waals surface area contributed by atoms with Gasteiger partial charge in [-0.05, 0) is 151 Å². The molecule has 1 aromatic carbocycles. The van der Waals surface area contributed by atoms with Gasteiger partial charge in [-0.15, -0.1) is 0 Å². The summed E-state index contributed by atoms with van der Waals surface area (Å²) in [5, 5.41) is 55.1. The maximum Gasteiger partial charge on any atom is 0.373 e. The van der Waals surface area contributed by atoms with Crippen molar-refractivity contribution in [2.45, 2.75) is 273 Å². The molecule has 736 valence electrons. The zero-order valence-corrected chi connectivity index (χ0v) is 84.9. The van der Waals surface area contributed by atoms with Crippen LogP contribution < -0.4 is 74.4 Å². The average molecular weight is 1810 g/mol. The van der Waals surface area contributed by atoms with Crippen molar-refractivity contribution in [3.63, 3.8) is 0 Å². The van der Waals surface area contributed by atoms with Crippen molar-refractivity contribution in [3.8, 4) is 0 Å². The zero-order chi connectivity index (χ0) is 100.0. The fourth-order valence-electron chi connectivity index (χ4n) is 8.50. The number of aliphatic hydroxyl groups is 2. The second-order valence-corrected chi connectivity index (χ2v) is 31.3. The maximum atomic E-state index is 11.4. The summed E-state index contributed by atoms with van der Waals surface area (Å²) < 4.78 is 0. The number of nitrogens with one attached hydrogen (secondary N) is 14. The molecule has 0 fully saturated rings. The van der Waals surface area contributed by atoms with Crippen LogP contribution in [0.25, 0.3) is 0 Å². The molecular formula is C92H184N14O18S. The summed E-state index contributed by atoms with van der Waals surface area (Å²) >= 11 is 1.79. The van der Waals surface area contributed by atoms with E-state index in [1.54, 1.807) is 39.5 Å². The lowest BCUT2D eigenvalue weighted by Crippen LogP contribution is -2.34. The van der Waals surface area contributed by atoms with Gasteiger partial charge in [0.15, 0.2) is 0 Å². The molecule has 0 aliphatic rings. The highest BCUT2D eigenvalue weighted by Gasteiger charge is 2.20. The molecule has 33 heteroatoms. The van der Waals surface area contributed by atoms with Crippen LogP contribution in [0.2, 0.25) is 0 Å². The summed E-state index contributed by atoms with van der Waals surface area (Å²) in [7, 11) is 0. The molecule has 0 aliphatic heterocycles. The van der Waals surface area contributed by atoms with Crippen molar-refractivity contribution >= 4 is 102 Å². The van der Waals surface area contributed by atoms with Gasteiger partial charge in [-0.25, -0.2) is 0 Å². The topological polar surface area (TPSA) is 482 Å². The maximum absolute atomic E-state index is 11.4. The van der Waals surface area contributed by atoms with Gasteiger partial charge in [0.25, 0.3) is 0 Å². The standard InChI is InChI=1S/C12H17NO.2C9H19NO.C8H16N2O2.C8H17NOS.C8H17NO.C7H14N2O2.C7H15NO2.C6H13NO2.2C6H13NO.C5H11NO.CO2/c1-3-13-12(14)10(2)9-11-7-5-4-6-8-11;1-5-10-9(11)8(4)6-7(2)3;1-5-7(3)8(4)9(11)10-6-2;1-3-10-8(12)7(2)4-5-9-6-11;1-4-9-8(10)7(2)5-6-11-3;1-5-9-8(10)7(4)6(2)3;1-3-9-7(11)6(2)4-8-5-10;1-4-8-7(10)5(2)6(3)9;1-3-7-6(9)5(2)4-8;2*1-4-7-6(8)5(2)3;1-3-5(7)6-4-2;2-1-3/h4-8,10H,3,9H2,1-2H3,(H,13,14);2*7-8H,5-6H2,1-4H3,(H,10,11);6-7H,3-5H2,1-2H3,(H,9,11)(H,10,12);7H,4-6H2,1-3H3,(H,9,10);6-7H,5H2,1-4H3,(H,9,10);5-6H,3-4H2,1-2H3,(H,8,10)(H,9,11);5-6,9H,4H2,1-3H3,(H,8,10);5,8H,3-4H2,1-2H3,(H,7,9);2*5H,4H2,1-3H3,(H,7,8);3-4H2,1-2H3,(H,6,7);. The Bertz CT molecular complexity index is 2770. The molecule has 14 amide bonds. The molecule has 0 bridgehead atoms. The van der Waals surface area contributed by atoms with Gasteiger partial charge in [-0.3, -0.25) is 67.1 Å². The largest absolute Gasteiger partial charge is 0.396 e. The summed E-state index contributed by atoms with van der Waals surface area (Å²) in [5.74, 6) is 3.84. The molecule has 1 rings (SSSR count). The van der Waals surface area contributed by atoms with Gasteiger partial charge in [0.05, 0.1) is 30.5 Å². The molecule has 125 heavy (non-hydrogen) atoms. The van der Waals surface area contributed by atoms with Crippen LogP contribution >= 0.6 is 11.8 Å². The molecule has 0 saturated heterocycles. The molecule has 32 nitrogen and oxygen atoms in total. The number of thioether (sulfide) groups is 1. The van der Waals surface area contributed by atoms with Crippen molar-refractivity contribution in [2.75, 3.05) is 110 Å². The van der Waals surface area contributed by atoms with Crippen LogP contribution in [0.4, 0.5) is 0 Å². The number of aliphatic hydroxyl groups excluding tert-OH is 2. The Kier molecular flexibility index (Phi) is 119. The van der Waals surface area contributed by atoms with Gasteiger partial charge in [-0.1, -0.05) is 175 Å². The van der Waals surface area contributed by atoms with Gasteiger partial charge < -0.3 is 84.6 Å². The van der Waals surface area contributed by atoms with Gasteiger partial charge in [0, 0.05) is 145 Å². The Labute approximate surface area is 761 Å². The highest BCUT2D eigenvalue weighted by atomic mass is 32.2. The quantitative estimate of drug-likeness (QED) is 0.0214. The van der Waals surface area contributed by atoms with Crippen LogP contribution in [0.1, 0.15) is 266 Å². The van der Waals surface area contributed by atoms with E-state index < -0.39 is 6.10 Å². The predicted octanol–water partition coefficient (Wildman–Crippen LogP) is 9.33. The number of carbonyl (C=O) groups excluding carboxylic acids is 16. The van der Waals surface area contributed by atoms with E-state index in [0.717, 1.165) is 77.2 Å². The first kappa shape index (κ1) is 142.